The quantitative estimate of drug-likeness (QED) is 0.901. The van der Waals surface area contributed by atoms with Gasteiger partial charge in [-0.05, 0) is 31.5 Å². The maximum absolute atomic E-state index is 5.33. The van der Waals surface area contributed by atoms with Crippen LogP contribution in [0.3, 0.4) is 0 Å². The molecule has 2 aromatic rings. The second-order valence-corrected chi connectivity index (χ2v) is 4.24. The van der Waals surface area contributed by atoms with Gasteiger partial charge in [0.2, 0.25) is 11.7 Å². The SMILES string of the molecule is Cl.c1cncc(-c2noc(C3CCCNC3)n2)c1. The van der Waals surface area contributed by atoms with Crippen molar-refractivity contribution in [2.75, 3.05) is 13.1 Å². The van der Waals surface area contributed by atoms with E-state index < -0.39 is 0 Å². The van der Waals surface area contributed by atoms with Gasteiger partial charge in [-0.3, -0.25) is 4.98 Å². The van der Waals surface area contributed by atoms with Gasteiger partial charge in [-0.1, -0.05) is 5.16 Å². The van der Waals surface area contributed by atoms with E-state index in [1.165, 1.54) is 0 Å². The van der Waals surface area contributed by atoms with E-state index in [1.807, 2.05) is 12.1 Å². The van der Waals surface area contributed by atoms with E-state index in [1.54, 1.807) is 12.4 Å². The molecule has 0 aliphatic carbocycles. The van der Waals surface area contributed by atoms with Crippen LogP contribution in [0.5, 0.6) is 0 Å². The molecule has 5 nitrogen and oxygen atoms in total. The molecule has 96 valence electrons. The van der Waals surface area contributed by atoms with E-state index in [-0.39, 0.29) is 12.4 Å². The lowest BCUT2D eigenvalue weighted by Crippen LogP contribution is -2.28. The molecule has 0 spiro atoms. The zero-order valence-corrected chi connectivity index (χ0v) is 10.7. The minimum Gasteiger partial charge on any atom is -0.339 e. The smallest absolute Gasteiger partial charge is 0.231 e. The Morgan fingerprint density at radius 3 is 3.06 bits per heavy atom. The van der Waals surface area contributed by atoms with E-state index in [0.717, 1.165) is 37.4 Å². The number of halogens is 1. The highest BCUT2D eigenvalue weighted by molar-refractivity contribution is 5.85. The van der Waals surface area contributed by atoms with Crippen molar-refractivity contribution >= 4 is 12.4 Å². The van der Waals surface area contributed by atoms with Crippen LogP contribution in [0.2, 0.25) is 0 Å². The second-order valence-electron chi connectivity index (χ2n) is 4.24. The third kappa shape index (κ3) is 2.68. The number of hydrogen-bond acceptors (Lipinski definition) is 5. The van der Waals surface area contributed by atoms with E-state index >= 15 is 0 Å². The Morgan fingerprint density at radius 1 is 1.39 bits per heavy atom. The lowest BCUT2D eigenvalue weighted by Gasteiger charge is -2.18. The number of nitrogens with zero attached hydrogens (tertiary/aromatic N) is 3. The average molecular weight is 267 g/mol. The summed E-state index contributed by atoms with van der Waals surface area (Å²) in [7, 11) is 0. The van der Waals surface area contributed by atoms with E-state index in [9.17, 15) is 0 Å². The standard InChI is InChI=1S/C12H14N4O.ClH/c1-3-9(7-13-5-1)11-15-12(17-16-11)10-4-2-6-14-8-10;/h1,3,5,7,10,14H,2,4,6,8H2;1H. The highest BCUT2D eigenvalue weighted by Crippen LogP contribution is 2.23. The molecule has 0 saturated carbocycles. The summed E-state index contributed by atoms with van der Waals surface area (Å²) >= 11 is 0. The number of aromatic nitrogens is 3. The number of pyridine rings is 1. The molecule has 1 aliphatic heterocycles. The normalized spacial score (nSPS) is 19.2. The Hall–Kier alpha value is -1.46. The molecule has 3 rings (SSSR count). The predicted molar refractivity (Wildman–Crippen MR) is 69.6 cm³/mol. The van der Waals surface area contributed by atoms with Gasteiger partial charge < -0.3 is 9.84 Å². The van der Waals surface area contributed by atoms with Crippen LogP contribution in [-0.2, 0) is 0 Å². The largest absolute Gasteiger partial charge is 0.339 e. The van der Waals surface area contributed by atoms with Gasteiger partial charge in [0.25, 0.3) is 0 Å². The molecule has 0 radical (unpaired) electrons. The first-order valence-corrected chi connectivity index (χ1v) is 5.88. The van der Waals surface area contributed by atoms with Crippen molar-refractivity contribution < 1.29 is 4.52 Å². The summed E-state index contributed by atoms with van der Waals surface area (Å²) in [6.07, 6.45) is 5.75. The molecule has 2 aromatic heterocycles. The number of piperidine rings is 1. The number of hydrogen-bond donors (Lipinski definition) is 1. The van der Waals surface area contributed by atoms with Crippen LogP contribution in [0.15, 0.2) is 29.0 Å². The van der Waals surface area contributed by atoms with Gasteiger partial charge in [-0.25, -0.2) is 0 Å². The molecular formula is C12H15ClN4O. The number of nitrogens with one attached hydrogen (secondary N) is 1. The van der Waals surface area contributed by atoms with Crippen molar-refractivity contribution in [1.82, 2.24) is 20.4 Å². The maximum atomic E-state index is 5.33. The summed E-state index contributed by atoms with van der Waals surface area (Å²) in [5, 5.41) is 7.35. The van der Waals surface area contributed by atoms with Crippen molar-refractivity contribution in [3.63, 3.8) is 0 Å². The molecule has 0 bridgehead atoms. The van der Waals surface area contributed by atoms with Crippen molar-refractivity contribution in [2.45, 2.75) is 18.8 Å². The summed E-state index contributed by atoms with van der Waals surface area (Å²) in [6, 6.07) is 3.80. The van der Waals surface area contributed by atoms with Gasteiger partial charge >= 0.3 is 0 Å². The zero-order valence-electron chi connectivity index (χ0n) is 9.87. The molecule has 6 heteroatoms. The first kappa shape index (κ1) is 13.0. The van der Waals surface area contributed by atoms with Gasteiger partial charge in [0.15, 0.2) is 0 Å². The third-order valence-electron chi connectivity index (χ3n) is 3.01. The van der Waals surface area contributed by atoms with Crippen LogP contribution in [0.25, 0.3) is 11.4 Å². The molecule has 0 amide bonds. The van der Waals surface area contributed by atoms with Crippen molar-refractivity contribution in [2.24, 2.45) is 0 Å². The maximum Gasteiger partial charge on any atom is 0.231 e. The van der Waals surface area contributed by atoms with Gasteiger partial charge in [0.1, 0.15) is 0 Å². The van der Waals surface area contributed by atoms with Crippen LogP contribution in [-0.4, -0.2) is 28.2 Å². The highest BCUT2D eigenvalue weighted by Gasteiger charge is 2.21. The molecule has 18 heavy (non-hydrogen) atoms. The first-order valence-electron chi connectivity index (χ1n) is 5.88. The minimum absolute atomic E-state index is 0. The van der Waals surface area contributed by atoms with Gasteiger partial charge in [-0.2, -0.15) is 4.98 Å². The van der Waals surface area contributed by atoms with E-state index in [2.05, 4.69) is 20.4 Å². The summed E-state index contributed by atoms with van der Waals surface area (Å²) in [5.41, 5.74) is 0.895. The summed E-state index contributed by atoms with van der Waals surface area (Å²) in [5.74, 6) is 1.70. The Bertz CT molecular complexity index is 482. The topological polar surface area (TPSA) is 63.8 Å². The lowest BCUT2D eigenvalue weighted by molar-refractivity contribution is 0.322. The van der Waals surface area contributed by atoms with Crippen LogP contribution in [0.4, 0.5) is 0 Å². The third-order valence-corrected chi connectivity index (χ3v) is 3.01. The van der Waals surface area contributed by atoms with Crippen LogP contribution < -0.4 is 5.32 Å². The fourth-order valence-corrected chi connectivity index (χ4v) is 2.08. The predicted octanol–water partition coefficient (Wildman–Crippen LogP) is 2.02. The highest BCUT2D eigenvalue weighted by atomic mass is 35.5. The molecule has 1 atom stereocenters. The summed E-state index contributed by atoms with van der Waals surface area (Å²) in [4.78, 5) is 8.50. The van der Waals surface area contributed by atoms with E-state index in [4.69, 9.17) is 4.52 Å². The minimum atomic E-state index is 0. The molecular weight excluding hydrogens is 252 g/mol. The molecule has 1 fully saturated rings. The summed E-state index contributed by atoms with van der Waals surface area (Å²) < 4.78 is 5.33. The Kier molecular flexibility index (Phi) is 4.28. The molecule has 1 N–H and O–H groups in total. The first-order chi connectivity index (χ1) is 8.43. The summed E-state index contributed by atoms with van der Waals surface area (Å²) in [6.45, 7) is 2.01. The lowest BCUT2D eigenvalue weighted by atomic mass is 10.00. The van der Waals surface area contributed by atoms with Crippen molar-refractivity contribution in [3.05, 3.63) is 30.4 Å². The van der Waals surface area contributed by atoms with Crippen LogP contribution >= 0.6 is 12.4 Å². The number of rotatable bonds is 2. The van der Waals surface area contributed by atoms with Gasteiger partial charge in [-0.15, -0.1) is 12.4 Å². The van der Waals surface area contributed by atoms with Crippen molar-refractivity contribution in [3.8, 4) is 11.4 Å². The molecule has 0 aromatic carbocycles. The Balaban J connectivity index is 0.00000120. The van der Waals surface area contributed by atoms with Crippen LogP contribution in [0.1, 0.15) is 24.7 Å². The second kappa shape index (κ2) is 5.93. The van der Waals surface area contributed by atoms with Crippen molar-refractivity contribution in [1.29, 1.82) is 0 Å². The van der Waals surface area contributed by atoms with Crippen LogP contribution in [0, 0.1) is 0 Å². The fraction of sp³-hybridized carbons (Fsp3) is 0.417. The van der Waals surface area contributed by atoms with E-state index in [0.29, 0.717) is 11.7 Å². The Labute approximate surface area is 111 Å². The molecule has 1 aliphatic rings. The monoisotopic (exact) mass is 266 g/mol. The Morgan fingerprint density at radius 2 is 2.33 bits per heavy atom. The van der Waals surface area contributed by atoms with Gasteiger partial charge in [0.05, 0.1) is 5.92 Å². The molecule has 1 unspecified atom stereocenters. The zero-order chi connectivity index (χ0) is 11.5. The average Bonchev–Trinajstić information content (AvgIpc) is 2.90. The fourth-order valence-electron chi connectivity index (χ4n) is 2.08. The van der Waals surface area contributed by atoms with Gasteiger partial charge in [0, 0.05) is 24.5 Å². The molecule has 1 saturated heterocycles. The molecule has 3 heterocycles.